The summed E-state index contributed by atoms with van der Waals surface area (Å²) in [6.07, 6.45) is 2.01. The molecule has 0 saturated heterocycles. The van der Waals surface area contributed by atoms with Gasteiger partial charge in [-0.05, 0) is 40.8 Å². The fraction of sp³-hybridized carbons (Fsp3) is 0.200. The van der Waals surface area contributed by atoms with Crippen molar-refractivity contribution in [1.29, 1.82) is 0 Å². The zero-order valence-electron chi connectivity index (χ0n) is 18.1. The number of rotatable bonds is 8. The molecule has 4 aromatic rings. The Morgan fingerprint density at radius 2 is 1.78 bits per heavy atom. The molecule has 0 aliphatic heterocycles. The molecule has 2 amide bonds. The smallest absolute Gasteiger partial charge is 0.261 e. The van der Waals surface area contributed by atoms with Gasteiger partial charge in [-0.25, -0.2) is 0 Å². The zero-order valence-corrected chi connectivity index (χ0v) is 18.9. The molecule has 0 aliphatic carbocycles. The van der Waals surface area contributed by atoms with Gasteiger partial charge in [-0.3, -0.25) is 9.59 Å². The van der Waals surface area contributed by atoms with Crippen molar-refractivity contribution in [3.8, 4) is 0 Å². The number of nitrogens with one attached hydrogen (secondary N) is 3. The summed E-state index contributed by atoms with van der Waals surface area (Å²) in [5.41, 5.74) is 4.42. The van der Waals surface area contributed by atoms with Gasteiger partial charge in [0.15, 0.2) is 0 Å². The number of anilines is 1. The minimum absolute atomic E-state index is 0.0284. The molecule has 6 nitrogen and oxygen atoms in total. The number of para-hydroxylation sites is 1. The fourth-order valence-electron chi connectivity index (χ4n) is 3.73. The van der Waals surface area contributed by atoms with Crippen LogP contribution in [0.4, 0.5) is 5.69 Å². The van der Waals surface area contributed by atoms with Crippen LogP contribution in [0.1, 0.15) is 26.7 Å². The highest BCUT2D eigenvalue weighted by molar-refractivity contribution is 7.12. The number of H-pyrrole nitrogens is 1. The molecule has 0 unspecified atom stereocenters. The van der Waals surface area contributed by atoms with Gasteiger partial charge in [-0.2, -0.15) is 0 Å². The van der Waals surface area contributed by atoms with Crippen LogP contribution < -0.4 is 15.5 Å². The highest BCUT2D eigenvalue weighted by Crippen LogP contribution is 2.31. The van der Waals surface area contributed by atoms with Crippen molar-refractivity contribution < 1.29 is 9.59 Å². The topological polar surface area (TPSA) is 77.2 Å². The molecule has 1 atom stereocenters. The lowest BCUT2D eigenvalue weighted by molar-refractivity contribution is -0.120. The van der Waals surface area contributed by atoms with Crippen molar-refractivity contribution in [2.24, 2.45) is 0 Å². The predicted octanol–water partition coefficient (Wildman–Crippen LogP) is 3.97. The second kappa shape index (κ2) is 9.70. The fourth-order valence-corrected chi connectivity index (χ4v) is 4.37. The minimum atomic E-state index is -0.234. The molecule has 32 heavy (non-hydrogen) atoms. The van der Waals surface area contributed by atoms with Crippen LogP contribution in [0.15, 0.2) is 72.2 Å². The Morgan fingerprint density at radius 1 is 1.00 bits per heavy atom. The Hall–Kier alpha value is -3.58. The normalized spacial score (nSPS) is 11.8. The molecule has 164 valence electrons. The van der Waals surface area contributed by atoms with Crippen LogP contribution in [-0.4, -0.2) is 44.0 Å². The number of benzene rings is 2. The third-order valence-electron chi connectivity index (χ3n) is 5.47. The third kappa shape index (κ3) is 4.84. The lowest BCUT2D eigenvalue weighted by Gasteiger charge is -2.20. The van der Waals surface area contributed by atoms with E-state index in [2.05, 4.69) is 50.8 Å². The Morgan fingerprint density at radius 3 is 2.50 bits per heavy atom. The highest BCUT2D eigenvalue weighted by atomic mass is 32.1. The number of hydrogen-bond donors (Lipinski definition) is 3. The van der Waals surface area contributed by atoms with Gasteiger partial charge < -0.3 is 20.5 Å². The molecule has 0 aliphatic rings. The molecular formula is C25H26N4O2S. The molecule has 0 saturated carbocycles. The maximum absolute atomic E-state index is 12.5. The second-order valence-electron chi connectivity index (χ2n) is 7.79. The van der Waals surface area contributed by atoms with Gasteiger partial charge in [0.25, 0.3) is 5.91 Å². The number of fused-ring (bicyclic) bond motifs is 1. The van der Waals surface area contributed by atoms with E-state index in [4.69, 9.17) is 0 Å². The van der Waals surface area contributed by atoms with Crippen LogP contribution in [0.5, 0.6) is 0 Å². The highest BCUT2D eigenvalue weighted by Gasteiger charge is 2.19. The first-order valence-corrected chi connectivity index (χ1v) is 11.3. The number of nitrogens with zero attached hydrogens (tertiary/aromatic N) is 1. The van der Waals surface area contributed by atoms with Crippen molar-refractivity contribution in [3.63, 3.8) is 0 Å². The van der Waals surface area contributed by atoms with Crippen molar-refractivity contribution >= 4 is 39.7 Å². The summed E-state index contributed by atoms with van der Waals surface area (Å²) in [6, 6.07) is 20.1. The molecule has 3 N–H and O–H groups in total. The third-order valence-corrected chi connectivity index (χ3v) is 6.33. The largest absolute Gasteiger partial charge is 0.378 e. The van der Waals surface area contributed by atoms with Gasteiger partial charge in [0.1, 0.15) is 0 Å². The van der Waals surface area contributed by atoms with Crippen LogP contribution in [0.3, 0.4) is 0 Å². The van der Waals surface area contributed by atoms with Crippen molar-refractivity contribution in [1.82, 2.24) is 15.6 Å². The second-order valence-corrected chi connectivity index (χ2v) is 8.74. The molecule has 2 aromatic heterocycles. The van der Waals surface area contributed by atoms with E-state index in [0.29, 0.717) is 11.4 Å². The van der Waals surface area contributed by atoms with Gasteiger partial charge in [0.05, 0.1) is 11.4 Å². The van der Waals surface area contributed by atoms with Crippen molar-refractivity contribution in [2.45, 2.75) is 5.92 Å². The van der Waals surface area contributed by atoms with Crippen LogP contribution in [0.2, 0.25) is 0 Å². The number of aromatic nitrogens is 1. The molecule has 0 radical (unpaired) electrons. The van der Waals surface area contributed by atoms with Crippen LogP contribution in [-0.2, 0) is 4.79 Å². The summed E-state index contributed by atoms with van der Waals surface area (Å²) < 4.78 is 0. The van der Waals surface area contributed by atoms with Gasteiger partial charge in [-0.1, -0.05) is 36.4 Å². The lowest BCUT2D eigenvalue weighted by Crippen LogP contribution is -2.38. The number of carbonyl (C=O) groups excluding carboxylic acids is 2. The summed E-state index contributed by atoms with van der Waals surface area (Å²) >= 11 is 1.35. The molecule has 0 fully saturated rings. The quantitative estimate of drug-likeness (QED) is 0.383. The van der Waals surface area contributed by atoms with Gasteiger partial charge in [-0.15, -0.1) is 11.3 Å². The molecule has 2 heterocycles. The van der Waals surface area contributed by atoms with E-state index in [-0.39, 0.29) is 24.3 Å². The Balaban J connectivity index is 1.50. The summed E-state index contributed by atoms with van der Waals surface area (Å²) in [7, 11) is 4.02. The Bertz CT molecular complexity index is 1200. The van der Waals surface area contributed by atoms with Gasteiger partial charge >= 0.3 is 0 Å². The van der Waals surface area contributed by atoms with E-state index >= 15 is 0 Å². The van der Waals surface area contributed by atoms with E-state index in [1.807, 2.05) is 49.9 Å². The Kier molecular flexibility index (Phi) is 6.56. The zero-order chi connectivity index (χ0) is 22.5. The minimum Gasteiger partial charge on any atom is -0.378 e. The molecule has 4 rings (SSSR count). The van der Waals surface area contributed by atoms with Crippen LogP contribution in [0, 0.1) is 0 Å². The number of hydrogen-bond acceptors (Lipinski definition) is 4. The molecule has 0 bridgehead atoms. The monoisotopic (exact) mass is 446 g/mol. The summed E-state index contributed by atoms with van der Waals surface area (Å²) in [5.74, 6) is -0.480. The average molecular weight is 447 g/mol. The molecule has 0 spiro atoms. The van der Waals surface area contributed by atoms with Crippen LogP contribution in [0.25, 0.3) is 10.9 Å². The SMILES string of the molecule is CN(C)c1ccc([C@@H](CNC(=O)CNC(=O)c2cccs2)c2c[nH]c3ccccc23)cc1. The molecular weight excluding hydrogens is 420 g/mol. The van der Waals surface area contributed by atoms with Crippen molar-refractivity contribution in [2.75, 3.05) is 32.1 Å². The van der Waals surface area contributed by atoms with Gasteiger partial charge in [0.2, 0.25) is 5.91 Å². The predicted molar refractivity (Wildman–Crippen MR) is 131 cm³/mol. The first-order chi connectivity index (χ1) is 15.5. The van der Waals surface area contributed by atoms with Crippen LogP contribution >= 0.6 is 11.3 Å². The number of amides is 2. The standard InChI is InChI=1S/C25H26N4O2S/c1-29(2)18-11-9-17(10-12-18)20(21-15-26-22-7-4-3-6-19(21)22)14-27-24(30)16-28-25(31)23-8-5-13-32-23/h3-13,15,20,26H,14,16H2,1-2H3,(H,27,30)(H,28,31)/t20-/m1/s1. The van der Waals surface area contributed by atoms with E-state index in [0.717, 1.165) is 27.7 Å². The number of aromatic amines is 1. The number of thiophene rings is 1. The maximum Gasteiger partial charge on any atom is 0.261 e. The van der Waals surface area contributed by atoms with E-state index in [1.54, 1.807) is 6.07 Å². The summed E-state index contributed by atoms with van der Waals surface area (Å²) in [6.45, 7) is 0.369. The van der Waals surface area contributed by atoms with E-state index in [1.165, 1.54) is 11.3 Å². The maximum atomic E-state index is 12.5. The lowest BCUT2D eigenvalue weighted by atomic mass is 9.90. The van der Waals surface area contributed by atoms with E-state index < -0.39 is 0 Å². The molecule has 2 aromatic carbocycles. The summed E-state index contributed by atoms with van der Waals surface area (Å²) in [4.78, 5) is 30.6. The first-order valence-electron chi connectivity index (χ1n) is 10.4. The Labute approximate surface area is 191 Å². The van der Waals surface area contributed by atoms with Gasteiger partial charge in [0, 0.05) is 49.3 Å². The number of carbonyl (C=O) groups is 2. The molecule has 7 heteroatoms. The average Bonchev–Trinajstić information content (AvgIpc) is 3.49. The van der Waals surface area contributed by atoms with E-state index in [9.17, 15) is 9.59 Å². The summed E-state index contributed by atoms with van der Waals surface area (Å²) in [5, 5.41) is 8.65. The first kappa shape index (κ1) is 21.6. The van der Waals surface area contributed by atoms with Crippen molar-refractivity contribution in [3.05, 3.63) is 88.2 Å².